The number of methoxy groups -OCH3 is 1. The number of ether oxygens (including phenoxy) is 2. The standard InChI is InChI=1S/C32H33ClN2O4/c1-19(2)14-28(36)27(18-34)21-8-12-25(13-9-21)35-31(37)16-23-15-29(38-5)30(39-20(3)4)17-26(23)32(35)22-6-10-24(33)11-7-22/h6-13,15,17,19-20,27,32H,14,16H2,1-5H3. The van der Waals surface area contributed by atoms with Gasteiger partial charge in [-0.05, 0) is 78.4 Å². The van der Waals surface area contributed by atoms with E-state index >= 15 is 0 Å². The first-order chi connectivity index (χ1) is 18.6. The molecule has 1 aliphatic rings. The van der Waals surface area contributed by atoms with Crippen molar-refractivity contribution in [3.63, 3.8) is 0 Å². The van der Waals surface area contributed by atoms with E-state index in [-0.39, 0.29) is 30.1 Å². The van der Waals surface area contributed by atoms with E-state index in [1.165, 1.54) is 0 Å². The SMILES string of the molecule is COc1cc2c(cc1OC(C)C)C(c1ccc(Cl)cc1)N(c1ccc(C(C#N)C(=O)CC(C)C)cc1)C(=O)C2. The summed E-state index contributed by atoms with van der Waals surface area (Å²) >= 11 is 6.20. The van der Waals surface area contributed by atoms with Gasteiger partial charge in [-0.25, -0.2) is 0 Å². The first-order valence-electron chi connectivity index (χ1n) is 13.1. The number of hydrogen-bond donors (Lipinski definition) is 0. The van der Waals surface area contributed by atoms with Crippen molar-refractivity contribution >= 4 is 29.0 Å². The predicted molar refractivity (Wildman–Crippen MR) is 153 cm³/mol. The molecular formula is C32H33ClN2O4. The molecule has 0 aliphatic carbocycles. The minimum atomic E-state index is -0.838. The summed E-state index contributed by atoms with van der Waals surface area (Å²) < 4.78 is 11.6. The molecule has 7 heteroatoms. The molecule has 1 amide bonds. The Morgan fingerprint density at radius 2 is 1.72 bits per heavy atom. The summed E-state index contributed by atoms with van der Waals surface area (Å²) in [6.45, 7) is 7.82. The van der Waals surface area contributed by atoms with Crippen molar-refractivity contribution in [1.29, 1.82) is 5.26 Å². The quantitative estimate of drug-likeness (QED) is 0.289. The molecule has 0 N–H and O–H groups in total. The van der Waals surface area contributed by atoms with Gasteiger partial charge in [0.1, 0.15) is 5.92 Å². The fraction of sp³-hybridized carbons (Fsp3) is 0.344. The predicted octanol–water partition coefficient (Wildman–Crippen LogP) is 7.04. The first kappa shape index (κ1) is 28.2. The molecular weight excluding hydrogens is 512 g/mol. The number of hydrogen-bond acceptors (Lipinski definition) is 5. The Morgan fingerprint density at radius 3 is 2.28 bits per heavy atom. The van der Waals surface area contributed by atoms with E-state index < -0.39 is 12.0 Å². The second kappa shape index (κ2) is 11.9. The number of Topliss-reactive ketones (excluding diaryl/α,β-unsaturated/α-hetero) is 1. The number of fused-ring (bicyclic) bond motifs is 1. The van der Waals surface area contributed by atoms with E-state index in [2.05, 4.69) is 6.07 Å². The molecule has 39 heavy (non-hydrogen) atoms. The van der Waals surface area contributed by atoms with Crippen LogP contribution in [0, 0.1) is 17.2 Å². The molecule has 1 heterocycles. The van der Waals surface area contributed by atoms with Crippen molar-refractivity contribution in [2.75, 3.05) is 12.0 Å². The molecule has 0 spiro atoms. The number of nitriles is 1. The highest BCUT2D eigenvalue weighted by molar-refractivity contribution is 6.30. The summed E-state index contributed by atoms with van der Waals surface area (Å²) in [6, 6.07) is 20.1. The van der Waals surface area contributed by atoms with E-state index in [1.807, 2.05) is 76.2 Å². The maximum Gasteiger partial charge on any atom is 0.232 e. The van der Waals surface area contributed by atoms with E-state index in [1.54, 1.807) is 24.1 Å². The van der Waals surface area contributed by atoms with Gasteiger partial charge in [0.2, 0.25) is 5.91 Å². The van der Waals surface area contributed by atoms with Gasteiger partial charge in [-0.2, -0.15) is 5.26 Å². The Balaban J connectivity index is 1.81. The molecule has 0 bridgehead atoms. The Kier molecular flexibility index (Phi) is 8.62. The monoisotopic (exact) mass is 544 g/mol. The molecule has 0 radical (unpaired) electrons. The maximum atomic E-state index is 13.7. The van der Waals surface area contributed by atoms with Crippen LogP contribution in [0.1, 0.15) is 68.3 Å². The van der Waals surface area contributed by atoms with Gasteiger partial charge >= 0.3 is 0 Å². The van der Waals surface area contributed by atoms with Crippen LogP contribution in [-0.2, 0) is 16.0 Å². The summed E-state index contributed by atoms with van der Waals surface area (Å²) in [6.07, 6.45) is 0.462. The van der Waals surface area contributed by atoms with Crippen LogP contribution in [0.25, 0.3) is 0 Å². The van der Waals surface area contributed by atoms with Gasteiger partial charge in [0.25, 0.3) is 0 Å². The van der Waals surface area contributed by atoms with Crippen LogP contribution < -0.4 is 14.4 Å². The zero-order chi connectivity index (χ0) is 28.3. The molecule has 202 valence electrons. The number of benzene rings is 3. The molecule has 0 fully saturated rings. The number of carbonyl (C=O) groups excluding carboxylic acids is 2. The number of halogens is 1. The molecule has 0 saturated carbocycles. The largest absolute Gasteiger partial charge is 0.493 e. The Bertz CT molecular complexity index is 1390. The minimum absolute atomic E-state index is 0.0636. The number of rotatable bonds is 9. The second-order valence-corrected chi connectivity index (χ2v) is 10.9. The number of anilines is 1. The summed E-state index contributed by atoms with van der Waals surface area (Å²) in [4.78, 5) is 28.1. The molecule has 6 nitrogen and oxygen atoms in total. The van der Waals surface area contributed by atoms with Crippen molar-refractivity contribution in [3.8, 4) is 17.6 Å². The van der Waals surface area contributed by atoms with Gasteiger partial charge in [0, 0.05) is 17.1 Å². The third-order valence-corrected chi connectivity index (χ3v) is 6.95. The first-order valence-corrected chi connectivity index (χ1v) is 13.5. The van der Waals surface area contributed by atoms with Gasteiger partial charge in [0.15, 0.2) is 17.3 Å². The van der Waals surface area contributed by atoms with Gasteiger partial charge < -0.3 is 14.4 Å². The van der Waals surface area contributed by atoms with E-state index in [0.29, 0.717) is 34.2 Å². The smallest absolute Gasteiger partial charge is 0.232 e. The van der Waals surface area contributed by atoms with Crippen molar-refractivity contribution in [1.82, 2.24) is 0 Å². The summed E-state index contributed by atoms with van der Waals surface area (Å²) in [7, 11) is 1.59. The third kappa shape index (κ3) is 6.10. The normalized spacial score (nSPS) is 15.6. The molecule has 2 atom stereocenters. The Hall–Kier alpha value is -3.82. The lowest BCUT2D eigenvalue weighted by atomic mass is 9.86. The molecule has 0 saturated heterocycles. The number of ketones is 1. The third-order valence-electron chi connectivity index (χ3n) is 6.70. The van der Waals surface area contributed by atoms with Crippen molar-refractivity contribution in [3.05, 3.63) is 87.9 Å². The van der Waals surface area contributed by atoms with Crippen LogP contribution in [-0.4, -0.2) is 24.9 Å². The fourth-order valence-corrected chi connectivity index (χ4v) is 5.13. The molecule has 1 aliphatic heterocycles. The zero-order valence-electron chi connectivity index (χ0n) is 22.9. The topological polar surface area (TPSA) is 79.6 Å². The molecule has 4 rings (SSSR count). The fourth-order valence-electron chi connectivity index (χ4n) is 5.01. The minimum Gasteiger partial charge on any atom is -0.493 e. The number of nitrogens with zero attached hydrogens (tertiary/aromatic N) is 2. The van der Waals surface area contributed by atoms with Crippen LogP contribution in [0.15, 0.2) is 60.7 Å². The lowest BCUT2D eigenvalue weighted by molar-refractivity contribution is -0.120. The zero-order valence-corrected chi connectivity index (χ0v) is 23.7. The van der Waals surface area contributed by atoms with Gasteiger partial charge in [-0.1, -0.05) is 49.7 Å². The van der Waals surface area contributed by atoms with Crippen molar-refractivity contribution in [2.24, 2.45) is 5.92 Å². The van der Waals surface area contributed by atoms with E-state index in [0.717, 1.165) is 16.7 Å². The molecule has 2 unspecified atom stereocenters. The van der Waals surface area contributed by atoms with Crippen LogP contribution in [0.4, 0.5) is 5.69 Å². The summed E-state index contributed by atoms with van der Waals surface area (Å²) in [5.41, 5.74) is 3.98. The van der Waals surface area contributed by atoms with Crippen molar-refractivity contribution in [2.45, 2.75) is 58.6 Å². The van der Waals surface area contributed by atoms with E-state index in [9.17, 15) is 14.9 Å². The van der Waals surface area contributed by atoms with Gasteiger partial charge in [0.05, 0.1) is 31.7 Å². The molecule has 3 aromatic carbocycles. The Morgan fingerprint density at radius 1 is 1.05 bits per heavy atom. The van der Waals surface area contributed by atoms with Crippen molar-refractivity contribution < 1.29 is 19.1 Å². The van der Waals surface area contributed by atoms with E-state index in [4.69, 9.17) is 21.1 Å². The molecule has 0 aromatic heterocycles. The van der Waals surface area contributed by atoms with Crippen LogP contribution in [0.3, 0.4) is 0 Å². The average molecular weight is 545 g/mol. The average Bonchev–Trinajstić information content (AvgIpc) is 2.88. The van der Waals surface area contributed by atoms with Crippen LogP contribution >= 0.6 is 11.6 Å². The van der Waals surface area contributed by atoms with Crippen LogP contribution in [0.2, 0.25) is 5.02 Å². The Labute approximate surface area is 235 Å². The van der Waals surface area contributed by atoms with Crippen LogP contribution in [0.5, 0.6) is 11.5 Å². The van der Waals surface area contributed by atoms with Gasteiger partial charge in [-0.15, -0.1) is 0 Å². The summed E-state index contributed by atoms with van der Waals surface area (Å²) in [5.74, 6) is 0.333. The van der Waals surface area contributed by atoms with Gasteiger partial charge in [-0.3, -0.25) is 9.59 Å². The highest BCUT2D eigenvalue weighted by Crippen LogP contribution is 2.44. The lowest BCUT2D eigenvalue weighted by Gasteiger charge is -2.38. The lowest BCUT2D eigenvalue weighted by Crippen LogP contribution is -2.41. The second-order valence-electron chi connectivity index (χ2n) is 10.5. The maximum absolute atomic E-state index is 13.7. The number of amides is 1. The summed E-state index contributed by atoms with van der Waals surface area (Å²) in [5, 5.41) is 10.3. The highest BCUT2D eigenvalue weighted by Gasteiger charge is 2.36. The number of carbonyl (C=O) groups is 2. The highest BCUT2D eigenvalue weighted by atomic mass is 35.5. The molecule has 3 aromatic rings.